The molecule has 0 radical (unpaired) electrons. The van der Waals surface area contributed by atoms with Crippen LogP contribution >= 0.6 is 31.9 Å². The van der Waals surface area contributed by atoms with Crippen LogP contribution in [0.1, 0.15) is 13.3 Å². The summed E-state index contributed by atoms with van der Waals surface area (Å²) in [6, 6.07) is 0. The number of rotatable bonds is 2. The van der Waals surface area contributed by atoms with Gasteiger partial charge in [0.05, 0.1) is 11.8 Å². The highest BCUT2D eigenvalue weighted by Gasteiger charge is 2.47. The Morgan fingerprint density at radius 1 is 1.20 bits per heavy atom. The molecule has 0 unspecified atom stereocenters. The molecule has 6 heteroatoms. The standard InChI is InChI=1S/C9H12Br2O4/c1-3-6(9(14)15)4(8(12)13)2-5(10)7(3)11/h3-7H,2H2,1H3,(H,12,13)(H,14,15)/t3-,4-,5+,6-,7-/m1/s1. The van der Waals surface area contributed by atoms with E-state index in [0.717, 1.165) is 0 Å². The monoisotopic (exact) mass is 342 g/mol. The zero-order chi connectivity index (χ0) is 11.7. The number of hydrogen-bond acceptors (Lipinski definition) is 2. The van der Waals surface area contributed by atoms with Crippen molar-refractivity contribution in [2.45, 2.75) is 23.0 Å². The van der Waals surface area contributed by atoms with E-state index in [1.165, 1.54) is 0 Å². The Balaban J connectivity index is 2.96. The molecule has 2 N–H and O–H groups in total. The van der Waals surface area contributed by atoms with Crippen molar-refractivity contribution < 1.29 is 19.8 Å². The fraction of sp³-hybridized carbons (Fsp3) is 0.778. The number of carboxylic acids is 2. The molecule has 1 rings (SSSR count). The minimum Gasteiger partial charge on any atom is -0.481 e. The van der Waals surface area contributed by atoms with Crippen LogP contribution in [0.15, 0.2) is 0 Å². The second-order valence-corrected chi connectivity index (χ2v) is 6.10. The fourth-order valence-corrected chi connectivity index (χ4v) is 3.49. The van der Waals surface area contributed by atoms with Crippen LogP contribution in [0.4, 0.5) is 0 Å². The van der Waals surface area contributed by atoms with Gasteiger partial charge in [-0.3, -0.25) is 9.59 Å². The smallest absolute Gasteiger partial charge is 0.307 e. The van der Waals surface area contributed by atoms with E-state index < -0.39 is 23.8 Å². The zero-order valence-corrected chi connectivity index (χ0v) is 11.2. The van der Waals surface area contributed by atoms with Crippen LogP contribution in [0.25, 0.3) is 0 Å². The van der Waals surface area contributed by atoms with E-state index in [9.17, 15) is 9.59 Å². The Kier molecular flexibility index (Phi) is 4.17. The zero-order valence-electron chi connectivity index (χ0n) is 8.06. The van der Waals surface area contributed by atoms with Crippen LogP contribution in [0.5, 0.6) is 0 Å². The van der Waals surface area contributed by atoms with Crippen LogP contribution in [-0.4, -0.2) is 31.8 Å². The lowest BCUT2D eigenvalue weighted by molar-refractivity contribution is -0.157. The van der Waals surface area contributed by atoms with Gasteiger partial charge in [-0.05, 0) is 12.3 Å². The summed E-state index contributed by atoms with van der Waals surface area (Å²) in [4.78, 5) is 22.0. The number of halogens is 2. The highest BCUT2D eigenvalue weighted by atomic mass is 79.9. The van der Waals surface area contributed by atoms with Crippen molar-refractivity contribution in [3.8, 4) is 0 Å². The van der Waals surface area contributed by atoms with Gasteiger partial charge in [-0.1, -0.05) is 38.8 Å². The summed E-state index contributed by atoms with van der Waals surface area (Å²) < 4.78 is 0. The van der Waals surface area contributed by atoms with Crippen molar-refractivity contribution in [2.75, 3.05) is 0 Å². The Morgan fingerprint density at radius 3 is 2.13 bits per heavy atom. The maximum Gasteiger partial charge on any atom is 0.307 e. The highest BCUT2D eigenvalue weighted by molar-refractivity contribution is 9.12. The van der Waals surface area contributed by atoms with Crippen molar-refractivity contribution in [3.63, 3.8) is 0 Å². The molecule has 0 bridgehead atoms. The number of hydrogen-bond donors (Lipinski definition) is 2. The summed E-state index contributed by atoms with van der Waals surface area (Å²) in [5.74, 6) is -3.89. The predicted octanol–water partition coefficient (Wildman–Crippen LogP) is 1.95. The molecule has 1 fully saturated rings. The second-order valence-electron chi connectivity index (χ2n) is 3.86. The van der Waals surface area contributed by atoms with Gasteiger partial charge in [0.2, 0.25) is 0 Å². The topological polar surface area (TPSA) is 74.6 Å². The predicted molar refractivity (Wildman–Crippen MR) is 61.5 cm³/mol. The lowest BCUT2D eigenvalue weighted by Crippen LogP contribution is -2.46. The SMILES string of the molecule is C[C@H]1[C@@H](Br)[C@@H](Br)C[C@@H](C(=O)O)[C@@H]1C(=O)O. The number of carbonyl (C=O) groups is 2. The van der Waals surface area contributed by atoms with Gasteiger partial charge >= 0.3 is 11.9 Å². The summed E-state index contributed by atoms with van der Waals surface area (Å²) in [6.07, 6.45) is 0.340. The third-order valence-corrected chi connectivity index (χ3v) is 6.05. The first-order valence-electron chi connectivity index (χ1n) is 4.60. The Hall–Kier alpha value is -0.100. The van der Waals surface area contributed by atoms with Crippen molar-refractivity contribution in [3.05, 3.63) is 0 Å². The van der Waals surface area contributed by atoms with Crippen LogP contribution in [0.2, 0.25) is 0 Å². The van der Waals surface area contributed by atoms with E-state index in [0.29, 0.717) is 6.42 Å². The molecule has 0 spiro atoms. The van der Waals surface area contributed by atoms with Gasteiger partial charge in [0.25, 0.3) is 0 Å². The average Bonchev–Trinajstić information content (AvgIpc) is 2.12. The first kappa shape index (κ1) is 13.0. The number of carboxylic acid groups (broad SMARTS) is 2. The molecule has 0 aromatic rings. The molecule has 0 heterocycles. The molecule has 5 atom stereocenters. The molecule has 1 aliphatic carbocycles. The molecule has 0 aliphatic heterocycles. The van der Waals surface area contributed by atoms with Crippen molar-refractivity contribution in [2.24, 2.45) is 17.8 Å². The first-order chi connectivity index (χ1) is 6.86. The molecule has 1 saturated carbocycles. The Bertz CT molecular complexity index is 281. The minimum atomic E-state index is -1.03. The van der Waals surface area contributed by atoms with Gasteiger partial charge in [-0.2, -0.15) is 0 Å². The summed E-state index contributed by atoms with van der Waals surface area (Å²) in [7, 11) is 0. The molecule has 0 amide bonds. The number of aliphatic carboxylic acids is 2. The molecular formula is C9H12Br2O4. The summed E-state index contributed by atoms with van der Waals surface area (Å²) in [5, 5.41) is 18.0. The molecular weight excluding hydrogens is 332 g/mol. The van der Waals surface area contributed by atoms with Gasteiger partial charge in [0.1, 0.15) is 0 Å². The minimum absolute atomic E-state index is 0.00389. The van der Waals surface area contributed by atoms with Crippen molar-refractivity contribution in [1.29, 1.82) is 0 Å². The Labute approximate surface area is 104 Å². The molecule has 86 valence electrons. The number of alkyl halides is 2. The average molecular weight is 344 g/mol. The molecule has 0 aromatic heterocycles. The third-order valence-electron chi connectivity index (χ3n) is 2.93. The van der Waals surface area contributed by atoms with Crippen LogP contribution in [0.3, 0.4) is 0 Å². The van der Waals surface area contributed by atoms with E-state index >= 15 is 0 Å². The van der Waals surface area contributed by atoms with Gasteiger partial charge in [0.15, 0.2) is 0 Å². The lowest BCUT2D eigenvalue weighted by atomic mass is 9.72. The summed E-state index contributed by atoms with van der Waals surface area (Å²) in [6.45, 7) is 1.77. The Morgan fingerprint density at radius 2 is 1.73 bits per heavy atom. The normalized spacial score (nSPS) is 41.1. The summed E-state index contributed by atoms with van der Waals surface area (Å²) >= 11 is 6.78. The van der Waals surface area contributed by atoms with E-state index in [1.807, 2.05) is 0 Å². The van der Waals surface area contributed by atoms with E-state index in [-0.39, 0.29) is 15.6 Å². The second kappa shape index (κ2) is 4.82. The van der Waals surface area contributed by atoms with E-state index in [2.05, 4.69) is 31.9 Å². The largest absolute Gasteiger partial charge is 0.481 e. The molecule has 4 nitrogen and oxygen atoms in total. The molecule has 0 aromatic carbocycles. The van der Waals surface area contributed by atoms with E-state index in [1.54, 1.807) is 6.92 Å². The van der Waals surface area contributed by atoms with Gasteiger partial charge in [-0.15, -0.1) is 0 Å². The lowest BCUT2D eigenvalue weighted by Gasteiger charge is -2.38. The fourth-order valence-electron chi connectivity index (χ4n) is 2.06. The van der Waals surface area contributed by atoms with E-state index in [4.69, 9.17) is 10.2 Å². The molecule has 15 heavy (non-hydrogen) atoms. The van der Waals surface area contributed by atoms with Crippen LogP contribution < -0.4 is 0 Å². The third kappa shape index (κ3) is 2.53. The van der Waals surface area contributed by atoms with Crippen LogP contribution in [0, 0.1) is 17.8 Å². The summed E-state index contributed by atoms with van der Waals surface area (Å²) in [5.41, 5.74) is 0. The van der Waals surface area contributed by atoms with Gasteiger partial charge in [-0.25, -0.2) is 0 Å². The van der Waals surface area contributed by atoms with Gasteiger partial charge in [0, 0.05) is 9.65 Å². The van der Waals surface area contributed by atoms with Gasteiger partial charge < -0.3 is 10.2 Å². The molecule has 0 saturated heterocycles. The van der Waals surface area contributed by atoms with Crippen molar-refractivity contribution in [1.82, 2.24) is 0 Å². The van der Waals surface area contributed by atoms with Crippen LogP contribution in [-0.2, 0) is 9.59 Å². The molecule has 1 aliphatic rings. The quantitative estimate of drug-likeness (QED) is 0.751. The maximum absolute atomic E-state index is 11.0. The maximum atomic E-state index is 11.0. The highest BCUT2D eigenvalue weighted by Crippen LogP contribution is 2.42. The van der Waals surface area contributed by atoms with Crippen molar-refractivity contribution >= 4 is 43.8 Å². The first-order valence-corrected chi connectivity index (χ1v) is 6.43.